The van der Waals surface area contributed by atoms with Crippen LogP contribution in [0.5, 0.6) is 0 Å². The summed E-state index contributed by atoms with van der Waals surface area (Å²) in [7, 11) is 0. The molecule has 1 aromatic heterocycles. The topological polar surface area (TPSA) is 94.0 Å². The summed E-state index contributed by atoms with van der Waals surface area (Å²) in [5.41, 5.74) is 6.15. The van der Waals surface area contributed by atoms with Gasteiger partial charge in [0, 0.05) is 0 Å². The molecule has 0 aromatic carbocycles. The largest absolute Gasteiger partial charge is 0.394 e. The number of carbonyl (C=O) groups excluding carboxylic acids is 1. The van der Waals surface area contributed by atoms with Gasteiger partial charge in [-0.25, -0.2) is 4.68 Å². The first-order chi connectivity index (χ1) is 7.56. The molecule has 3 N–H and O–H groups in total. The van der Waals surface area contributed by atoms with E-state index in [9.17, 15) is 4.79 Å². The van der Waals surface area contributed by atoms with Gasteiger partial charge < -0.3 is 10.8 Å². The SMILES string of the molecule is CC(C)CCc1c(C(N)=O)nnn1CCO. The predicted molar refractivity (Wildman–Crippen MR) is 58.8 cm³/mol. The summed E-state index contributed by atoms with van der Waals surface area (Å²) < 4.78 is 1.54. The molecular weight excluding hydrogens is 208 g/mol. The second kappa shape index (κ2) is 5.60. The van der Waals surface area contributed by atoms with E-state index in [-0.39, 0.29) is 12.3 Å². The number of amides is 1. The van der Waals surface area contributed by atoms with Crippen LogP contribution < -0.4 is 5.73 Å². The highest BCUT2D eigenvalue weighted by Gasteiger charge is 2.16. The summed E-state index contributed by atoms with van der Waals surface area (Å²) in [5.74, 6) is -0.0406. The predicted octanol–water partition coefficient (Wildman–Crippen LogP) is -0.0421. The van der Waals surface area contributed by atoms with Gasteiger partial charge in [0.2, 0.25) is 0 Å². The Morgan fingerprint density at radius 2 is 2.25 bits per heavy atom. The van der Waals surface area contributed by atoms with E-state index in [1.54, 1.807) is 4.68 Å². The van der Waals surface area contributed by atoms with Gasteiger partial charge in [0.15, 0.2) is 5.69 Å². The molecule has 0 atom stereocenters. The highest BCUT2D eigenvalue weighted by atomic mass is 16.3. The van der Waals surface area contributed by atoms with Crippen molar-refractivity contribution in [2.45, 2.75) is 33.2 Å². The Balaban J connectivity index is 2.89. The third kappa shape index (κ3) is 3.03. The second-order valence-corrected chi connectivity index (χ2v) is 4.13. The first-order valence-electron chi connectivity index (χ1n) is 5.39. The van der Waals surface area contributed by atoms with Crippen molar-refractivity contribution in [1.82, 2.24) is 15.0 Å². The van der Waals surface area contributed by atoms with Gasteiger partial charge >= 0.3 is 0 Å². The van der Waals surface area contributed by atoms with E-state index in [2.05, 4.69) is 24.2 Å². The molecule has 0 bridgehead atoms. The molecule has 0 spiro atoms. The fraction of sp³-hybridized carbons (Fsp3) is 0.700. The van der Waals surface area contributed by atoms with Gasteiger partial charge in [-0.15, -0.1) is 5.10 Å². The Kier molecular flexibility index (Phi) is 4.42. The van der Waals surface area contributed by atoms with Crippen molar-refractivity contribution >= 4 is 5.91 Å². The Bertz CT molecular complexity index is 360. The maximum atomic E-state index is 11.1. The molecule has 1 heterocycles. The zero-order chi connectivity index (χ0) is 12.1. The van der Waals surface area contributed by atoms with Crippen LogP contribution in [0.3, 0.4) is 0 Å². The summed E-state index contributed by atoms with van der Waals surface area (Å²) in [6.07, 6.45) is 1.63. The number of rotatable bonds is 6. The van der Waals surface area contributed by atoms with Crippen molar-refractivity contribution in [3.63, 3.8) is 0 Å². The minimum Gasteiger partial charge on any atom is -0.394 e. The summed E-state index contributed by atoms with van der Waals surface area (Å²) in [6, 6.07) is 0. The number of nitrogens with zero attached hydrogens (tertiary/aromatic N) is 3. The molecule has 6 heteroatoms. The fourth-order valence-electron chi connectivity index (χ4n) is 1.47. The molecule has 0 unspecified atom stereocenters. The van der Waals surface area contributed by atoms with Crippen LogP contribution in [-0.4, -0.2) is 32.6 Å². The summed E-state index contributed by atoms with van der Waals surface area (Å²) in [4.78, 5) is 11.1. The molecule has 0 aliphatic rings. The van der Waals surface area contributed by atoms with E-state index < -0.39 is 5.91 Å². The van der Waals surface area contributed by atoms with E-state index >= 15 is 0 Å². The molecule has 0 aliphatic heterocycles. The minimum absolute atomic E-state index is 0.0315. The Morgan fingerprint density at radius 1 is 1.56 bits per heavy atom. The van der Waals surface area contributed by atoms with Gasteiger partial charge in [0.1, 0.15) is 0 Å². The Hall–Kier alpha value is -1.43. The van der Waals surface area contributed by atoms with E-state index in [0.717, 1.165) is 12.1 Å². The zero-order valence-electron chi connectivity index (χ0n) is 9.68. The molecule has 90 valence electrons. The lowest BCUT2D eigenvalue weighted by Crippen LogP contribution is -2.16. The molecule has 0 radical (unpaired) electrons. The summed E-state index contributed by atoms with van der Waals surface area (Å²) in [6.45, 7) is 4.51. The van der Waals surface area contributed by atoms with Crippen LogP contribution in [0, 0.1) is 5.92 Å². The lowest BCUT2D eigenvalue weighted by molar-refractivity contribution is 0.0994. The van der Waals surface area contributed by atoms with E-state index in [1.807, 2.05) is 0 Å². The Morgan fingerprint density at radius 3 is 2.75 bits per heavy atom. The molecule has 0 saturated carbocycles. The number of nitrogens with two attached hydrogens (primary N) is 1. The number of hydrogen-bond donors (Lipinski definition) is 2. The average molecular weight is 226 g/mol. The third-order valence-electron chi connectivity index (χ3n) is 2.34. The standard InChI is InChI=1S/C10H18N4O2/c1-7(2)3-4-8-9(10(11)16)12-13-14(8)5-6-15/h7,15H,3-6H2,1-2H3,(H2,11,16). The van der Waals surface area contributed by atoms with Crippen molar-refractivity contribution in [3.05, 3.63) is 11.4 Å². The monoisotopic (exact) mass is 226 g/mol. The smallest absolute Gasteiger partial charge is 0.271 e. The highest BCUT2D eigenvalue weighted by Crippen LogP contribution is 2.11. The molecule has 0 aliphatic carbocycles. The normalized spacial score (nSPS) is 11.0. The average Bonchev–Trinajstić information content (AvgIpc) is 2.58. The molecule has 1 aromatic rings. The van der Waals surface area contributed by atoms with Crippen LogP contribution >= 0.6 is 0 Å². The van der Waals surface area contributed by atoms with Crippen LogP contribution in [0.15, 0.2) is 0 Å². The van der Waals surface area contributed by atoms with Crippen molar-refractivity contribution in [3.8, 4) is 0 Å². The van der Waals surface area contributed by atoms with Gasteiger partial charge in [-0.2, -0.15) is 0 Å². The number of aliphatic hydroxyl groups excluding tert-OH is 1. The van der Waals surface area contributed by atoms with Gasteiger partial charge in [-0.05, 0) is 18.8 Å². The lowest BCUT2D eigenvalue weighted by Gasteiger charge is -2.07. The third-order valence-corrected chi connectivity index (χ3v) is 2.34. The van der Waals surface area contributed by atoms with Crippen molar-refractivity contribution in [2.24, 2.45) is 11.7 Å². The van der Waals surface area contributed by atoms with Crippen molar-refractivity contribution in [2.75, 3.05) is 6.61 Å². The maximum absolute atomic E-state index is 11.1. The zero-order valence-corrected chi connectivity index (χ0v) is 9.68. The molecule has 1 amide bonds. The number of carbonyl (C=O) groups is 1. The maximum Gasteiger partial charge on any atom is 0.271 e. The van der Waals surface area contributed by atoms with Crippen molar-refractivity contribution < 1.29 is 9.90 Å². The van der Waals surface area contributed by atoms with Crippen LogP contribution in [0.25, 0.3) is 0 Å². The van der Waals surface area contributed by atoms with Gasteiger partial charge in [-0.3, -0.25) is 4.79 Å². The molecule has 16 heavy (non-hydrogen) atoms. The first kappa shape index (κ1) is 12.6. The first-order valence-corrected chi connectivity index (χ1v) is 5.39. The second-order valence-electron chi connectivity index (χ2n) is 4.13. The fourth-order valence-corrected chi connectivity index (χ4v) is 1.47. The number of hydrogen-bond acceptors (Lipinski definition) is 4. The quantitative estimate of drug-likeness (QED) is 0.711. The molecule has 1 rings (SSSR count). The number of aliphatic hydroxyl groups is 1. The molecular formula is C10H18N4O2. The number of aromatic nitrogens is 3. The minimum atomic E-state index is -0.567. The number of primary amides is 1. The van der Waals surface area contributed by atoms with Crippen molar-refractivity contribution in [1.29, 1.82) is 0 Å². The van der Waals surface area contributed by atoms with Crippen LogP contribution in [0.4, 0.5) is 0 Å². The Labute approximate surface area is 94.4 Å². The molecule has 6 nitrogen and oxygen atoms in total. The molecule has 0 fully saturated rings. The summed E-state index contributed by atoms with van der Waals surface area (Å²) >= 11 is 0. The summed E-state index contributed by atoms with van der Waals surface area (Å²) in [5, 5.41) is 16.4. The van der Waals surface area contributed by atoms with E-state index in [4.69, 9.17) is 10.8 Å². The van der Waals surface area contributed by atoms with E-state index in [1.165, 1.54) is 0 Å². The van der Waals surface area contributed by atoms with Crippen LogP contribution in [0.2, 0.25) is 0 Å². The molecule has 0 saturated heterocycles. The lowest BCUT2D eigenvalue weighted by atomic mass is 10.1. The van der Waals surface area contributed by atoms with Crippen LogP contribution in [0.1, 0.15) is 36.5 Å². The van der Waals surface area contributed by atoms with Gasteiger partial charge in [0.25, 0.3) is 5.91 Å². The van der Waals surface area contributed by atoms with Crippen LogP contribution in [-0.2, 0) is 13.0 Å². The highest BCUT2D eigenvalue weighted by molar-refractivity contribution is 5.91. The van der Waals surface area contributed by atoms with Gasteiger partial charge in [-0.1, -0.05) is 19.1 Å². The van der Waals surface area contributed by atoms with Gasteiger partial charge in [0.05, 0.1) is 18.8 Å². The van der Waals surface area contributed by atoms with E-state index in [0.29, 0.717) is 18.9 Å².